The lowest BCUT2D eigenvalue weighted by Crippen LogP contribution is -2.06. The molecule has 0 saturated heterocycles. The number of allylic oxidation sites excluding steroid dienone is 1. The van der Waals surface area contributed by atoms with Gasteiger partial charge in [-0.3, -0.25) is 4.99 Å². The maximum atomic E-state index is 11.5. The van der Waals surface area contributed by atoms with Gasteiger partial charge in [0.15, 0.2) is 0 Å². The van der Waals surface area contributed by atoms with Crippen molar-refractivity contribution in [3.8, 4) is 0 Å². The minimum Gasteiger partial charge on any atom is -0.255 e. The first kappa shape index (κ1) is 9.93. The maximum absolute atomic E-state index is 11.5. The summed E-state index contributed by atoms with van der Waals surface area (Å²) in [5.41, 5.74) is -0.165. The summed E-state index contributed by atoms with van der Waals surface area (Å²) in [6.07, 6.45) is -5.23. The van der Waals surface area contributed by atoms with Crippen LogP contribution in [0.3, 0.4) is 0 Å². The van der Waals surface area contributed by atoms with Crippen LogP contribution >= 0.6 is 22.6 Å². The first-order valence-corrected chi connectivity index (χ1v) is 3.57. The van der Waals surface area contributed by atoms with E-state index in [1.807, 2.05) is 0 Å². The first-order valence-electron chi connectivity index (χ1n) is 2.33. The van der Waals surface area contributed by atoms with Crippen molar-refractivity contribution in [1.82, 2.24) is 0 Å². The molecular weight excluding hydrogens is 258 g/mol. The molecule has 0 unspecified atom stereocenters. The van der Waals surface area contributed by atoms with Crippen LogP contribution in [-0.4, -0.2) is 10.4 Å². The summed E-state index contributed by atoms with van der Waals surface area (Å²) in [7, 11) is 0. The van der Waals surface area contributed by atoms with Crippen LogP contribution in [-0.2, 0) is 0 Å². The van der Waals surface area contributed by atoms with E-state index in [-0.39, 0.29) is 5.70 Å². The first-order chi connectivity index (χ1) is 4.45. The SMILES string of the molecule is C=C(CC(F)(F)F)/N=C\I. The molecule has 0 aromatic rings. The normalized spacial score (nSPS) is 12.4. The topological polar surface area (TPSA) is 12.4 Å². The number of hydrogen-bond donors (Lipinski definition) is 0. The Labute approximate surface area is 70.2 Å². The molecule has 0 atom stereocenters. The predicted molar refractivity (Wildman–Crippen MR) is 42.3 cm³/mol. The molecule has 10 heavy (non-hydrogen) atoms. The summed E-state index contributed by atoms with van der Waals surface area (Å²) in [5.74, 6) is 0. The largest absolute Gasteiger partial charge is 0.394 e. The van der Waals surface area contributed by atoms with Crippen molar-refractivity contribution in [1.29, 1.82) is 0 Å². The van der Waals surface area contributed by atoms with Gasteiger partial charge in [0.25, 0.3) is 0 Å². The quantitative estimate of drug-likeness (QED) is 0.536. The van der Waals surface area contributed by atoms with E-state index < -0.39 is 12.6 Å². The Kier molecular flexibility index (Phi) is 3.92. The molecule has 0 N–H and O–H groups in total. The van der Waals surface area contributed by atoms with E-state index in [1.165, 1.54) is 4.22 Å². The van der Waals surface area contributed by atoms with Crippen molar-refractivity contribution in [3.63, 3.8) is 0 Å². The molecule has 0 aliphatic carbocycles. The lowest BCUT2D eigenvalue weighted by atomic mass is 10.3. The summed E-state index contributed by atoms with van der Waals surface area (Å²) >= 11 is 1.73. The molecule has 58 valence electrons. The van der Waals surface area contributed by atoms with E-state index in [4.69, 9.17) is 0 Å². The summed E-state index contributed by atoms with van der Waals surface area (Å²) in [5, 5.41) is 0. The van der Waals surface area contributed by atoms with E-state index >= 15 is 0 Å². The summed E-state index contributed by atoms with van der Waals surface area (Å²) in [6.45, 7) is 3.11. The molecule has 1 nitrogen and oxygen atoms in total. The van der Waals surface area contributed by atoms with Crippen LogP contribution in [0.2, 0.25) is 0 Å². The minimum atomic E-state index is -4.19. The number of alkyl halides is 3. The van der Waals surface area contributed by atoms with Gasteiger partial charge >= 0.3 is 6.18 Å². The molecule has 5 heteroatoms. The van der Waals surface area contributed by atoms with E-state index in [0.29, 0.717) is 0 Å². The number of hydrogen-bond acceptors (Lipinski definition) is 1. The van der Waals surface area contributed by atoms with Crippen LogP contribution in [0.1, 0.15) is 6.42 Å². The average molecular weight is 263 g/mol. The highest BCUT2D eigenvalue weighted by Crippen LogP contribution is 2.23. The average Bonchev–Trinajstić information content (AvgIpc) is 1.59. The summed E-state index contributed by atoms with van der Waals surface area (Å²) < 4.78 is 35.7. The monoisotopic (exact) mass is 263 g/mol. The van der Waals surface area contributed by atoms with Gasteiger partial charge in [-0.1, -0.05) is 6.58 Å². The molecule has 0 heterocycles. The van der Waals surface area contributed by atoms with Crippen molar-refractivity contribution in [2.75, 3.05) is 0 Å². The molecule has 0 aromatic heterocycles. The highest BCUT2D eigenvalue weighted by atomic mass is 127. The second-order valence-electron chi connectivity index (χ2n) is 1.58. The van der Waals surface area contributed by atoms with Crippen molar-refractivity contribution < 1.29 is 13.2 Å². The fourth-order valence-electron chi connectivity index (χ4n) is 0.346. The van der Waals surface area contributed by atoms with E-state index in [0.717, 1.165) is 0 Å². The van der Waals surface area contributed by atoms with Crippen LogP contribution in [0.25, 0.3) is 0 Å². The lowest BCUT2D eigenvalue weighted by Gasteiger charge is -2.03. The van der Waals surface area contributed by atoms with E-state index in [9.17, 15) is 13.2 Å². The minimum absolute atomic E-state index is 0.165. The molecule has 0 rings (SSSR count). The number of rotatable bonds is 2. The van der Waals surface area contributed by atoms with Crippen LogP contribution in [0.5, 0.6) is 0 Å². The molecule has 0 spiro atoms. The summed E-state index contributed by atoms with van der Waals surface area (Å²) in [4.78, 5) is 3.36. The Morgan fingerprint density at radius 3 is 2.40 bits per heavy atom. The van der Waals surface area contributed by atoms with Crippen molar-refractivity contribution in [3.05, 3.63) is 12.3 Å². The van der Waals surface area contributed by atoms with Crippen LogP contribution in [0, 0.1) is 0 Å². The molecule has 0 aliphatic rings. The Hall–Kier alpha value is -0.0700. The Bertz CT molecular complexity index is 149. The standard InChI is InChI=1S/C5H5F3IN/c1-4(10-3-9)2-5(6,7)8/h3H,1-2H2/b10-3-. The van der Waals surface area contributed by atoms with E-state index in [1.54, 1.807) is 22.6 Å². The molecule has 0 aromatic carbocycles. The van der Waals surface area contributed by atoms with Gasteiger partial charge in [0.2, 0.25) is 0 Å². The highest BCUT2D eigenvalue weighted by Gasteiger charge is 2.27. The molecule has 0 amide bonds. The molecule has 0 radical (unpaired) electrons. The third-order valence-corrected chi connectivity index (χ3v) is 0.914. The van der Waals surface area contributed by atoms with Gasteiger partial charge in [0, 0.05) is 5.70 Å². The second-order valence-corrected chi connectivity index (χ2v) is 2.14. The molecule has 0 bridgehead atoms. The molecule has 0 fully saturated rings. The Morgan fingerprint density at radius 1 is 1.60 bits per heavy atom. The second kappa shape index (κ2) is 3.95. The zero-order valence-corrected chi connectivity index (χ0v) is 7.11. The van der Waals surface area contributed by atoms with Crippen molar-refractivity contribution in [2.24, 2.45) is 4.99 Å². The maximum Gasteiger partial charge on any atom is 0.394 e. The third kappa shape index (κ3) is 6.06. The van der Waals surface area contributed by atoms with Crippen LogP contribution < -0.4 is 0 Å². The predicted octanol–water partition coefficient (Wildman–Crippen LogP) is 2.92. The van der Waals surface area contributed by atoms with Crippen molar-refractivity contribution >= 4 is 26.8 Å². The van der Waals surface area contributed by atoms with Gasteiger partial charge in [0.1, 0.15) is 0 Å². The van der Waals surface area contributed by atoms with Gasteiger partial charge in [0.05, 0.1) is 10.6 Å². The molecule has 0 aliphatic heterocycles. The van der Waals surface area contributed by atoms with Gasteiger partial charge in [-0.05, 0) is 22.6 Å². The van der Waals surface area contributed by atoms with E-state index in [2.05, 4.69) is 11.6 Å². The highest BCUT2D eigenvalue weighted by molar-refractivity contribution is 14.1. The number of halogens is 4. The van der Waals surface area contributed by atoms with Gasteiger partial charge in [-0.25, -0.2) is 0 Å². The third-order valence-electron chi connectivity index (χ3n) is 0.636. The fourth-order valence-corrected chi connectivity index (χ4v) is 0.740. The Morgan fingerprint density at radius 2 is 2.10 bits per heavy atom. The van der Waals surface area contributed by atoms with Crippen LogP contribution in [0.15, 0.2) is 17.3 Å². The number of aliphatic imine (C=N–C) groups is 1. The van der Waals surface area contributed by atoms with Gasteiger partial charge in [-0.2, -0.15) is 13.2 Å². The fraction of sp³-hybridized carbons (Fsp3) is 0.400. The lowest BCUT2D eigenvalue weighted by molar-refractivity contribution is -0.127. The van der Waals surface area contributed by atoms with Crippen molar-refractivity contribution in [2.45, 2.75) is 12.6 Å². The zero-order valence-electron chi connectivity index (χ0n) is 4.95. The molecular formula is C5H5F3IN. The Balaban J connectivity index is 3.81. The van der Waals surface area contributed by atoms with Crippen LogP contribution in [0.4, 0.5) is 13.2 Å². The smallest absolute Gasteiger partial charge is 0.255 e. The zero-order chi connectivity index (χ0) is 8.20. The van der Waals surface area contributed by atoms with Gasteiger partial charge < -0.3 is 0 Å². The van der Waals surface area contributed by atoms with Gasteiger partial charge in [-0.15, -0.1) is 0 Å². The molecule has 0 saturated carbocycles. The summed E-state index contributed by atoms with van der Waals surface area (Å²) in [6, 6.07) is 0. The number of nitrogens with zero attached hydrogens (tertiary/aromatic N) is 1.